The van der Waals surface area contributed by atoms with Gasteiger partial charge in [-0.15, -0.1) is 0 Å². The van der Waals surface area contributed by atoms with Crippen LogP contribution in [0, 0.1) is 0 Å². The summed E-state index contributed by atoms with van der Waals surface area (Å²) >= 11 is 0. The first kappa shape index (κ1) is 25.1. The van der Waals surface area contributed by atoms with Gasteiger partial charge in [-0.1, -0.05) is 42.5 Å². The summed E-state index contributed by atoms with van der Waals surface area (Å²) < 4.78 is 11.1. The molecular weight excluding hydrogens is 434 g/mol. The van der Waals surface area contributed by atoms with E-state index in [-0.39, 0.29) is 29.7 Å². The Morgan fingerprint density at radius 3 is 2.56 bits per heavy atom. The third-order valence-corrected chi connectivity index (χ3v) is 5.39. The van der Waals surface area contributed by atoms with E-state index in [1.165, 1.54) is 17.0 Å². The summed E-state index contributed by atoms with van der Waals surface area (Å²) in [5.41, 5.74) is 1.37. The molecule has 0 unspecified atom stereocenters. The largest absolute Gasteiger partial charge is 0.504 e. The highest BCUT2D eigenvalue weighted by Crippen LogP contribution is 2.40. The summed E-state index contributed by atoms with van der Waals surface area (Å²) in [7, 11) is 0. The molecule has 7 nitrogen and oxygen atoms in total. The number of hydrogen-bond acceptors (Lipinski definition) is 6. The third kappa shape index (κ3) is 5.85. The molecule has 0 saturated heterocycles. The normalized spacial score (nSPS) is 16.2. The van der Waals surface area contributed by atoms with Crippen LogP contribution in [0.3, 0.4) is 0 Å². The van der Waals surface area contributed by atoms with E-state index in [1.54, 1.807) is 25.1 Å². The molecule has 0 spiro atoms. The molecule has 1 aliphatic rings. The van der Waals surface area contributed by atoms with Crippen molar-refractivity contribution >= 4 is 17.8 Å². The molecule has 0 aliphatic carbocycles. The van der Waals surface area contributed by atoms with Crippen molar-refractivity contribution in [2.45, 2.75) is 39.3 Å². The third-order valence-electron chi connectivity index (χ3n) is 5.39. The molecule has 0 aromatic heterocycles. The Bertz CT molecular complexity index is 1070. The molecule has 7 heteroatoms. The monoisotopic (exact) mass is 465 g/mol. The Morgan fingerprint density at radius 1 is 1.15 bits per heavy atom. The summed E-state index contributed by atoms with van der Waals surface area (Å²) in [6.45, 7) is 6.71. The molecule has 1 atom stereocenters. The van der Waals surface area contributed by atoms with Gasteiger partial charge in [0.2, 0.25) is 0 Å². The van der Waals surface area contributed by atoms with Crippen molar-refractivity contribution in [3.05, 3.63) is 77.1 Å². The maximum absolute atomic E-state index is 13.2. The molecular formula is C27H31NO6. The van der Waals surface area contributed by atoms with Crippen LogP contribution in [-0.4, -0.2) is 52.7 Å². The van der Waals surface area contributed by atoms with Crippen LogP contribution in [0.5, 0.6) is 11.5 Å². The van der Waals surface area contributed by atoms with E-state index in [2.05, 4.69) is 0 Å². The fourth-order valence-corrected chi connectivity index (χ4v) is 3.83. The molecule has 0 bridgehead atoms. The average molecular weight is 466 g/mol. The summed E-state index contributed by atoms with van der Waals surface area (Å²) in [6.07, 6.45) is 3.59. The fourth-order valence-electron chi connectivity index (χ4n) is 3.83. The smallest absolute Gasteiger partial charge is 0.290 e. The lowest BCUT2D eigenvalue weighted by atomic mass is 9.95. The molecule has 2 N–H and O–H groups in total. The number of nitrogens with zero attached hydrogens (tertiary/aromatic N) is 1. The lowest BCUT2D eigenvalue weighted by Gasteiger charge is -2.27. The van der Waals surface area contributed by atoms with Crippen LogP contribution in [0.1, 0.15) is 44.4 Å². The number of aliphatic hydroxyl groups excluding tert-OH is 1. The zero-order valence-electron chi connectivity index (χ0n) is 19.7. The van der Waals surface area contributed by atoms with Gasteiger partial charge in [0.05, 0.1) is 24.3 Å². The molecule has 1 amide bonds. The maximum Gasteiger partial charge on any atom is 0.290 e. The maximum atomic E-state index is 13.2. The lowest BCUT2D eigenvalue weighted by Crippen LogP contribution is -2.32. The number of phenols is 1. The number of hydrogen-bond donors (Lipinski definition) is 2. The standard InChI is InChI=1S/C27H31NO6/c1-4-33-23-17-20(12-14-21(23)29)25-24(22(30)13-11-19-9-6-5-7-10-19)26(31)27(32)28(25)15-8-16-34-18(2)3/h5-7,9-14,17-18,25,29,31H,4,8,15-16H2,1-3H3/b13-11+/t25-/m0/s1. The number of aliphatic hydroxyl groups is 1. The van der Waals surface area contributed by atoms with Crippen molar-refractivity contribution in [1.29, 1.82) is 0 Å². The van der Waals surface area contributed by atoms with Gasteiger partial charge >= 0.3 is 0 Å². The number of carbonyl (C=O) groups is 2. The summed E-state index contributed by atoms with van der Waals surface area (Å²) in [5, 5.41) is 20.8. The second kappa shape index (κ2) is 11.5. The second-order valence-corrected chi connectivity index (χ2v) is 8.20. The number of benzene rings is 2. The van der Waals surface area contributed by atoms with Gasteiger partial charge in [-0.2, -0.15) is 0 Å². The highest BCUT2D eigenvalue weighted by atomic mass is 16.5. The van der Waals surface area contributed by atoms with Gasteiger partial charge in [0, 0.05) is 13.2 Å². The predicted octanol–water partition coefficient (Wildman–Crippen LogP) is 4.58. The van der Waals surface area contributed by atoms with Gasteiger partial charge < -0.3 is 24.6 Å². The van der Waals surface area contributed by atoms with Gasteiger partial charge in [-0.3, -0.25) is 9.59 Å². The van der Waals surface area contributed by atoms with Crippen LogP contribution in [0.25, 0.3) is 6.08 Å². The van der Waals surface area contributed by atoms with E-state index in [0.717, 1.165) is 5.56 Å². The summed E-state index contributed by atoms with van der Waals surface area (Å²) in [4.78, 5) is 27.7. The molecule has 34 heavy (non-hydrogen) atoms. The quantitative estimate of drug-likeness (QED) is 0.372. The first-order valence-electron chi connectivity index (χ1n) is 11.4. The van der Waals surface area contributed by atoms with Crippen molar-refractivity contribution in [2.75, 3.05) is 19.8 Å². The zero-order valence-corrected chi connectivity index (χ0v) is 19.7. The number of phenolic OH excluding ortho intramolecular Hbond substituents is 1. The molecule has 1 heterocycles. The van der Waals surface area contributed by atoms with E-state index < -0.39 is 23.5 Å². The van der Waals surface area contributed by atoms with Crippen molar-refractivity contribution < 1.29 is 29.3 Å². The minimum absolute atomic E-state index is 0.00454. The van der Waals surface area contributed by atoms with Crippen LogP contribution in [0.2, 0.25) is 0 Å². The van der Waals surface area contributed by atoms with Gasteiger partial charge in [-0.05, 0) is 56.5 Å². The van der Waals surface area contributed by atoms with Crippen molar-refractivity contribution in [2.24, 2.45) is 0 Å². The SMILES string of the molecule is CCOc1cc([C@H]2C(C(=O)/C=C/c3ccccc3)=C(O)C(=O)N2CCCOC(C)C)ccc1O. The molecule has 2 aromatic rings. The Morgan fingerprint density at radius 2 is 1.88 bits per heavy atom. The lowest BCUT2D eigenvalue weighted by molar-refractivity contribution is -0.129. The van der Waals surface area contributed by atoms with Gasteiger partial charge in [0.15, 0.2) is 23.0 Å². The van der Waals surface area contributed by atoms with Gasteiger partial charge in [0.1, 0.15) is 0 Å². The molecule has 3 rings (SSSR count). The zero-order chi connectivity index (χ0) is 24.7. The molecule has 0 radical (unpaired) electrons. The van der Waals surface area contributed by atoms with Crippen LogP contribution >= 0.6 is 0 Å². The van der Waals surface area contributed by atoms with Crippen molar-refractivity contribution in [1.82, 2.24) is 4.90 Å². The molecule has 0 fully saturated rings. The summed E-state index contributed by atoms with van der Waals surface area (Å²) in [5.74, 6) is -1.45. The minimum Gasteiger partial charge on any atom is -0.504 e. The van der Waals surface area contributed by atoms with E-state index in [0.29, 0.717) is 25.2 Å². The van der Waals surface area contributed by atoms with Crippen LogP contribution < -0.4 is 4.74 Å². The Hall–Kier alpha value is -3.58. The van der Waals surface area contributed by atoms with Gasteiger partial charge in [-0.25, -0.2) is 0 Å². The van der Waals surface area contributed by atoms with E-state index in [1.807, 2.05) is 44.2 Å². The Labute approximate surface area is 199 Å². The average Bonchev–Trinajstić information content (AvgIpc) is 3.07. The predicted molar refractivity (Wildman–Crippen MR) is 130 cm³/mol. The van der Waals surface area contributed by atoms with Crippen LogP contribution in [0.15, 0.2) is 65.9 Å². The number of carbonyl (C=O) groups excluding carboxylic acids is 2. The Balaban J connectivity index is 1.96. The second-order valence-electron chi connectivity index (χ2n) is 8.20. The first-order chi connectivity index (χ1) is 16.3. The number of rotatable bonds is 11. The van der Waals surface area contributed by atoms with E-state index in [9.17, 15) is 19.8 Å². The van der Waals surface area contributed by atoms with Crippen LogP contribution in [-0.2, 0) is 14.3 Å². The number of ketones is 1. The topological polar surface area (TPSA) is 96.3 Å². The molecule has 180 valence electrons. The van der Waals surface area contributed by atoms with Crippen molar-refractivity contribution in [3.8, 4) is 11.5 Å². The van der Waals surface area contributed by atoms with Gasteiger partial charge in [0.25, 0.3) is 5.91 Å². The van der Waals surface area contributed by atoms with Crippen molar-refractivity contribution in [3.63, 3.8) is 0 Å². The number of amides is 1. The Kier molecular flexibility index (Phi) is 8.49. The molecule has 2 aromatic carbocycles. The highest BCUT2D eigenvalue weighted by molar-refractivity contribution is 6.14. The van der Waals surface area contributed by atoms with E-state index >= 15 is 0 Å². The summed E-state index contributed by atoms with van der Waals surface area (Å²) in [6, 6.07) is 13.2. The molecule has 1 aliphatic heterocycles. The fraction of sp³-hybridized carbons (Fsp3) is 0.333. The number of ether oxygens (including phenoxy) is 2. The number of aromatic hydroxyl groups is 1. The molecule has 0 saturated carbocycles. The minimum atomic E-state index is -0.820. The number of allylic oxidation sites excluding steroid dienone is 1. The van der Waals surface area contributed by atoms with Crippen LogP contribution in [0.4, 0.5) is 0 Å². The first-order valence-corrected chi connectivity index (χ1v) is 11.4. The van der Waals surface area contributed by atoms with E-state index in [4.69, 9.17) is 9.47 Å². The highest BCUT2D eigenvalue weighted by Gasteiger charge is 2.42.